The molecule has 2 bridgehead atoms. The lowest BCUT2D eigenvalue weighted by molar-refractivity contribution is -0.349. The van der Waals surface area contributed by atoms with Crippen molar-refractivity contribution in [3.63, 3.8) is 0 Å². The summed E-state index contributed by atoms with van der Waals surface area (Å²) in [6.45, 7) is 3.39. The number of Topliss-reactive ketones (excluding diaryl/α,β-unsaturated/α-hetero) is 1. The number of ketones is 1. The van der Waals surface area contributed by atoms with Crippen LogP contribution in [0.25, 0.3) is 10.8 Å². The average Bonchev–Trinajstić information content (AvgIpc) is 4.44. The third-order valence-corrected chi connectivity index (χ3v) is 26.1. The summed E-state index contributed by atoms with van der Waals surface area (Å²) in [5.41, 5.74) is 9.52. The van der Waals surface area contributed by atoms with Crippen LogP contribution in [0.4, 0.5) is 0 Å². The minimum Gasteiger partial charge on any atom is -0.507 e. The predicted octanol–water partition coefficient (Wildman–Crippen LogP) is 9.28. The fourth-order valence-electron chi connectivity index (χ4n) is 23.5. The van der Waals surface area contributed by atoms with Crippen molar-refractivity contribution in [1.29, 1.82) is 0 Å². The fourth-order valence-corrected chi connectivity index (χ4v) is 23.5. The molecular formula is C65H86N2O13. The number of carbonyl (C=O) groups excluding carboxylic acids is 1. The van der Waals surface area contributed by atoms with Gasteiger partial charge in [-0.2, -0.15) is 0 Å². The molecule has 13 aliphatic rings. The number of nitrogens with one attached hydrogen (secondary N) is 2. The summed E-state index contributed by atoms with van der Waals surface area (Å²) in [5.74, 6) is -3.11. The van der Waals surface area contributed by atoms with Crippen LogP contribution in [0.5, 0.6) is 17.2 Å². The number of hydrogen-bond acceptors (Lipinski definition) is 14. The van der Waals surface area contributed by atoms with Crippen LogP contribution in [0.15, 0.2) is 34.9 Å². The normalized spacial score (nSPS) is 44.4. The lowest BCUT2D eigenvalue weighted by Gasteiger charge is -2.72. The Morgan fingerprint density at radius 3 is 2.30 bits per heavy atom. The minimum atomic E-state index is -1.83. The smallest absolute Gasteiger partial charge is 0.335 e. The maximum absolute atomic E-state index is 13.6. The maximum Gasteiger partial charge on any atom is 0.335 e. The number of allylic oxidation sites excluding steroid dienone is 1. The quantitative estimate of drug-likeness (QED) is 0.0885. The first kappa shape index (κ1) is 53.1. The van der Waals surface area contributed by atoms with E-state index in [0.717, 1.165) is 70.3 Å². The van der Waals surface area contributed by atoms with Crippen LogP contribution < -0.4 is 15.6 Å². The van der Waals surface area contributed by atoms with E-state index in [0.29, 0.717) is 43.3 Å². The zero-order chi connectivity index (χ0) is 55.2. The fraction of sp³-hybridized carbons (Fsp3) is 0.754. The van der Waals surface area contributed by atoms with Gasteiger partial charge in [0.1, 0.15) is 41.2 Å². The molecule has 8 spiro atoms. The van der Waals surface area contributed by atoms with Gasteiger partial charge in [-0.15, -0.1) is 0 Å². The van der Waals surface area contributed by atoms with E-state index >= 15 is 0 Å². The van der Waals surface area contributed by atoms with Crippen molar-refractivity contribution in [2.45, 2.75) is 228 Å². The van der Waals surface area contributed by atoms with Crippen LogP contribution in [0.3, 0.4) is 0 Å². The number of aliphatic hydroxyl groups excluding tert-OH is 4. The topological polar surface area (TPSA) is 237 Å². The van der Waals surface area contributed by atoms with Crippen molar-refractivity contribution >= 4 is 22.5 Å². The van der Waals surface area contributed by atoms with E-state index in [4.69, 9.17) is 18.9 Å². The summed E-state index contributed by atoms with van der Waals surface area (Å²) in [4.78, 5) is 25.7. The number of rotatable bonds is 8. The van der Waals surface area contributed by atoms with Crippen LogP contribution in [0.1, 0.15) is 200 Å². The van der Waals surface area contributed by atoms with Crippen LogP contribution >= 0.6 is 0 Å². The molecule has 2 aromatic carbocycles. The zero-order valence-electron chi connectivity index (χ0n) is 47.1. The number of phenolic OH excluding ortho intramolecular Hbond substituents is 2. The van der Waals surface area contributed by atoms with Crippen LogP contribution in [0.2, 0.25) is 0 Å². The summed E-state index contributed by atoms with van der Waals surface area (Å²) < 4.78 is 28.6. The highest BCUT2D eigenvalue weighted by molar-refractivity contribution is 6.11. The molecule has 11 fully saturated rings. The Labute approximate surface area is 469 Å². The molecule has 0 aromatic heterocycles. The Hall–Kier alpha value is -3.64. The number of fused-ring (bicyclic) bond motifs is 4. The molecule has 15 heteroatoms. The second-order valence-corrected chi connectivity index (χ2v) is 29.5. The Balaban J connectivity index is 0.882. The van der Waals surface area contributed by atoms with Gasteiger partial charge in [0.05, 0.1) is 35.3 Å². The first-order valence-corrected chi connectivity index (χ1v) is 31.3. The number of aromatic carboxylic acids is 1. The molecule has 15 atom stereocenters. The molecule has 2 aromatic rings. The standard InChI is InChI=1S/C65H86N2O13/c1-36-47(37(2)70)51(72)48-40(50(36)71)24-38(55(75)76)25-44(48)78-56-52(73)54(74)65(46(29-69)79-56)27-43-49-41(10-11-42(49)63(80-65)20-7-16-57(32-63)12-3-4-13-57)62(19-9-23-68)35-77-30-39-26-59-33-61(28-45(59)66-67-64(43,34-59)53(39)62)18-8-17-60(61)22-21-58(31-60)14-5-6-15-58/h10,24-25,39,43,45-46,52-54,56,66-69,71-74H,3-9,11-23,26-35H2,1-2H3,(H,75,76)/t39-,43+,45-,46+,52+,53+,54+,56+,59-,60-,61+,62+,63-,64-,65+/m0/s1. The average molecular weight is 1100 g/mol. The number of carboxylic acids is 1. The molecule has 4 heterocycles. The van der Waals surface area contributed by atoms with Crippen molar-refractivity contribution < 1.29 is 64.3 Å². The molecule has 0 radical (unpaired) electrons. The second-order valence-electron chi connectivity index (χ2n) is 29.5. The summed E-state index contributed by atoms with van der Waals surface area (Å²) in [7, 11) is 0. The van der Waals surface area contributed by atoms with E-state index in [1.165, 1.54) is 114 Å². The number of hydrogen-bond donors (Lipinski definition) is 9. The van der Waals surface area contributed by atoms with Gasteiger partial charge in [0.2, 0.25) is 6.29 Å². The van der Waals surface area contributed by atoms with Crippen LogP contribution in [0, 0.1) is 57.2 Å². The molecule has 0 amide bonds. The molecule has 80 heavy (non-hydrogen) atoms. The summed E-state index contributed by atoms with van der Waals surface area (Å²) in [5, 5.41) is 82.8. The van der Waals surface area contributed by atoms with E-state index < -0.39 is 76.6 Å². The third-order valence-electron chi connectivity index (χ3n) is 26.1. The molecule has 9 aliphatic carbocycles. The molecular weight excluding hydrogens is 1020 g/mol. The first-order chi connectivity index (χ1) is 38.4. The first-order valence-electron chi connectivity index (χ1n) is 31.3. The van der Waals surface area contributed by atoms with Crippen molar-refractivity contribution in [3.8, 4) is 17.2 Å². The van der Waals surface area contributed by atoms with Crippen molar-refractivity contribution in [2.24, 2.45) is 50.2 Å². The highest BCUT2D eigenvalue weighted by Gasteiger charge is 2.78. The Morgan fingerprint density at radius 2 is 1.56 bits per heavy atom. The number of carboxylic acid groups (broad SMARTS) is 1. The van der Waals surface area contributed by atoms with Gasteiger partial charge >= 0.3 is 5.97 Å². The van der Waals surface area contributed by atoms with Gasteiger partial charge in [-0.25, -0.2) is 4.79 Å². The van der Waals surface area contributed by atoms with Crippen LogP contribution in [-0.2, 0) is 14.2 Å². The molecule has 15 rings (SSSR count). The van der Waals surface area contributed by atoms with Gasteiger partial charge in [0, 0.05) is 47.1 Å². The number of benzene rings is 2. The van der Waals surface area contributed by atoms with Crippen molar-refractivity contribution in [1.82, 2.24) is 10.9 Å². The SMILES string of the molecule is CC(=O)c1c(C)c(O)c2cc(C(=O)O)cc(O[C@@H]3O[C@H](CO)[C@]4(C[C@@H]5C6=C(CC=C6[C@@]6(CCCO)COC[C@@H]7C[C@]89C[C@@]5(NN[C@H]8C[C@]5(CCC[C@@]58CCC5(CCCC5)C8)C9)[C@H]76)[C@@]5(CCCC6(CCCC6)C5)O4)[C@H](O)[C@H]3O)c2c1O. The predicted molar refractivity (Wildman–Crippen MR) is 295 cm³/mol. The largest absolute Gasteiger partial charge is 0.507 e. The lowest BCUT2D eigenvalue weighted by Crippen LogP contribution is -2.81. The monoisotopic (exact) mass is 1100 g/mol. The molecule has 4 aliphatic heterocycles. The van der Waals surface area contributed by atoms with E-state index in [1.54, 1.807) is 0 Å². The van der Waals surface area contributed by atoms with Crippen LogP contribution in [-0.4, -0.2) is 121 Å². The Kier molecular flexibility index (Phi) is 11.9. The highest BCUT2D eigenvalue weighted by atomic mass is 16.7. The van der Waals surface area contributed by atoms with E-state index in [2.05, 4.69) is 16.9 Å². The zero-order valence-corrected chi connectivity index (χ0v) is 47.1. The molecule has 3 saturated heterocycles. The summed E-state index contributed by atoms with van der Waals surface area (Å²) in [6.07, 6.45) is 24.0. The van der Waals surface area contributed by atoms with Gasteiger partial charge in [-0.1, -0.05) is 38.2 Å². The number of carbonyl (C=O) groups is 2. The Morgan fingerprint density at radius 1 is 0.825 bits per heavy atom. The third kappa shape index (κ3) is 6.93. The number of aliphatic hydroxyl groups is 4. The maximum atomic E-state index is 13.6. The molecule has 434 valence electrons. The molecule has 8 saturated carbocycles. The Bertz CT molecular complexity index is 3010. The van der Waals surface area contributed by atoms with E-state index in [1.807, 2.05) is 0 Å². The summed E-state index contributed by atoms with van der Waals surface area (Å²) >= 11 is 0. The highest BCUT2D eigenvalue weighted by Crippen LogP contribution is 2.80. The van der Waals surface area contributed by atoms with E-state index in [9.17, 15) is 45.3 Å². The lowest BCUT2D eigenvalue weighted by atomic mass is 9.38. The number of hydrazine groups is 1. The van der Waals surface area contributed by atoms with Crippen molar-refractivity contribution in [2.75, 3.05) is 26.4 Å². The van der Waals surface area contributed by atoms with Gasteiger partial charge < -0.3 is 54.7 Å². The number of phenols is 2. The minimum absolute atomic E-state index is 0.0124. The van der Waals surface area contributed by atoms with Gasteiger partial charge in [-0.05, 0) is 216 Å². The molecule has 9 N–H and O–H groups in total. The number of aromatic hydroxyl groups is 2. The van der Waals surface area contributed by atoms with E-state index in [-0.39, 0.29) is 86.3 Å². The van der Waals surface area contributed by atoms with Gasteiger partial charge in [0.25, 0.3) is 0 Å². The second kappa shape index (κ2) is 18.0. The van der Waals surface area contributed by atoms with Crippen molar-refractivity contribution in [3.05, 3.63) is 51.6 Å². The summed E-state index contributed by atoms with van der Waals surface area (Å²) in [6, 6.07) is 2.61. The number of ether oxygens (including phenoxy) is 4. The van der Waals surface area contributed by atoms with Gasteiger partial charge in [0.15, 0.2) is 5.78 Å². The van der Waals surface area contributed by atoms with Gasteiger partial charge in [-0.3, -0.25) is 15.6 Å². The molecule has 15 nitrogen and oxygen atoms in total. The molecule has 0 unspecified atom stereocenters.